The number of ether oxygens (including phenoxy) is 1. The van der Waals surface area contributed by atoms with Crippen LogP contribution in [-0.4, -0.2) is 27.0 Å². The van der Waals surface area contributed by atoms with Crippen molar-refractivity contribution in [3.05, 3.63) is 95.2 Å². The van der Waals surface area contributed by atoms with E-state index in [1.165, 1.54) is 38.2 Å². The van der Waals surface area contributed by atoms with Crippen molar-refractivity contribution in [1.29, 1.82) is 0 Å². The van der Waals surface area contributed by atoms with E-state index >= 15 is 0 Å². The third-order valence-corrected chi connectivity index (χ3v) is 6.85. The first-order chi connectivity index (χ1) is 16.2. The number of benzene rings is 3. The van der Waals surface area contributed by atoms with Gasteiger partial charge in [-0.25, -0.2) is 0 Å². The molecule has 0 aromatic heterocycles. The van der Waals surface area contributed by atoms with Crippen molar-refractivity contribution in [2.75, 3.05) is 13.2 Å². The van der Waals surface area contributed by atoms with Crippen LogP contribution >= 0.6 is 0 Å². The van der Waals surface area contributed by atoms with E-state index in [1.54, 1.807) is 23.3 Å². The number of rotatable bonds is 6. The fourth-order valence-electron chi connectivity index (χ4n) is 4.50. The average molecular weight is 632 g/mol. The average Bonchev–Trinajstić information content (AvgIpc) is 3.34. The molecule has 0 aliphatic heterocycles. The number of fused-ring (bicyclic) bond motifs is 4. The number of halogens is 2. The summed E-state index contributed by atoms with van der Waals surface area (Å²) < 4.78 is 12.3. The first-order valence-electron chi connectivity index (χ1n) is 11.9. The summed E-state index contributed by atoms with van der Waals surface area (Å²) in [5, 5.41) is 5.24. The van der Waals surface area contributed by atoms with Gasteiger partial charge in [0.1, 0.15) is 12.4 Å². The molecule has 1 aliphatic carbocycles. The SMILES string of the molecule is C[Si](C)(C)OCCOC1=Cc2ccccc2C1c1cccc2c1[cH-]c1ccccc12.C[Si](C)=[Zr+2].[Cl-].[Cl-]. The molecule has 36 heavy (non-hydrogen) atoms. The van der Waals surface area contributed by atoms with Gasteiger partial charge in [-0.2, -0.15) is 0 Å². The van der Waals surface area contributed by atoms with E-state index in [4.69, 9.17) is 9.16 Å². The zero-order chi connectivity index (χ0) is 24.3. The predicted octanol–water partition coefficient (Wildman–Crippen LogP) is 1.86. The van der Waals surface area contributed by atoms with Gasteiger partial charge in [0.05, 0.1) is 6.61 Å². The Morgan fingerprint density at radius 1 is 0.833 bits per heavy atom. The maximum Gasteiger partial charge on any atom is -1.00 e. The Hall–Kier alpha value is -1.07. The normalized spacial score (nSPS) is 14.2. The van der Waals surface area contributed by atoms with E-state index < -0.39 is 8.32 Å². The van der Waals surface area contributed by atoms with Crippen molar-refractivity contribution in [3.63, 3.8) is 0 Å². The molecule has 4 aromatic rings. The molecule has 4 aromatic carbocycles. The molecule has 0 spiro atoms. The van der Waals surface area contributed by atoms with Crippen molar-refractivity contribution >= 4 is 41.4 Å². The van der Waals surface area contributed by atoms with Gasteiger partial charge in [-0.05, 0) is 36.8 Å². The molecule has 0 N–H and O–H groups in total. The van der Waals surface area contributed by atoms with E-state index in [0.29, 0.717) is 13.2 Å². The quantitative estimate of drug-likeness (QED) is 0.184. The summed E-state index contributed by atoms with van der Waals surface area (Å²) in [6.07, 6.45) is 2.20. The van der Waals surface area contributed by atoms with Gasteiger partial charge in [-0.15, -0.1) is 33.7 Å². The minimum absolute atomic E-state index is 0. The predicted molar refractivity (Wildman–Crippen MR) is 146 cm³/mol. The molecule has 0 saturated heterocycles. The maximum atomic E-state index is 6.33. The van der Waals surface area contributed by atoms with Crippen LogP contribution in [0.2, 0.25) is 32.7 Å². The smallest absolute Gasteiger partial charge is 1.00 e. The second-order valence-corrected chi connectivity index (χ2v) is 23.8. The molecule has 0 radical (unpaired) electrons. The van der Waals surface area contributed by atoms with Crippen molar-refractivity contribution in [2.45, 2.75) is 38.7 Å². The van der Waals surface area contributed by atoms with Gasteiger partial charge in [0.2, 0.25) is 0 Å². The van der Waals surface area contributed by atoms with Crippen LogP contribution in [0.5, 0.6) is 0 Å². The Morgan fingerprint density at radius 3 is 2.17 bits per heavy atom. The molecule has 0 fully saturated rings. The Morgan fingerprint density at radius 2 is 1.44 bits per heavy atom. The maximum absolute atomic E-state index is 6.33. The molecule has 188 valence electrons. The van der Waals surface area contributed by atoms with Crippen LogP contribution in [0.4, 0.5) is 0 Å². The van der Waals surface area contributed by atoms with Crippen LogP contribution < -0.4 is 24.8 Å². The van der Waals surface area contributed by atoms with Gasteiger partial charge in [0.25, 0.3) is 0 Å². The van der Waals surface area contributed by atoms with E-state index in [-0.39, 0.29) is 36.2 Å². The first kappa shape index (κ1) is 31.1. The number of hydrogen-bond acceptors (Lipinski definition) is 2. The Labute approximate surface area is 244 Å². The summed E-state index contributed by atoms with van der Waals surface area (Å²) in [5.41, 5.74) is 4.08. The molecule has 5 rings (SSSR count). The summed E-state index contributed by atoms with van der Waals surface area (Å²) >= 11 is 1.74. The standard InChI is InChI=1S/C27H27O2Si.C2H6Si.2ClH.Zr/c1-30(2,3)29-16-15-28-26-18-20-10-5-7-12-22(20)27(26)24-14-8-13-23-21-11-6-4-9-19(21)17-25(23)24;1-3-2;;;/h4-14,17-18,27H,15-16H2,1-3H3;1-2H3;2*1H;/q-1;;;;+2/p-2. The molecule has 2 nitrogen and oxygen atoms in total. The van der Waals surface area contributed by atoms with Crippen LogP contribution in [0.15, 0.2) is 78.6 Å². The second kappa shape index (κ2) is 13.6. The minimum Gasteiger partial charge on any atom is -1.00 e. The molecule has 1 unspecified atom stereocenters. The van der Waals surface area contributed by atoms with Gasteiger partial charge in [-0.1, -0.05) is 66.2 Å². The third kappa shape index (κ3) is 7.49. The Bertz CT molecular complexity index is 1350. The van der Waals surface area contributed by atoms with Crippen molar-refractivity contribution < 1.29 is 57.3 Å². The van der Waals surface area contributed by atoms with Crippen LogP contribution in [0, 0.1) is 0 Å². The van der Waals surface area contributed by atoms with Crippen LogP contribution in [0.1, 0.15) is 22.6 Å². The summed E-state index contributed by atoms with van der Waals surface area (Å²) in [5.74, 6) is 1.14. The molecule has 0 bridgehead atoms. The number of allylic oxidation sites excluding steroid dienone is 1. The largest absolute Gasteiger partial charge is 1.00 e. The molecule has 1 aliphatic rings. The fraction of sp³-hybridized carbons (Fsp3) is 0.276. The van der Waals surface area contributed by atoms with Gasteiger partial charge < -0.3 is 34.0 Å². The van der Waals surface area contributed by atoms with Gasteiger partial charge in [0, 0.05) is 5.92 Å². The molecule has 7 heteroatoms. The van der Waals surface area contributed by atoms with Gasteiger partial charge >= 0.3 is 41.9 Å². The monoisotopic (exact) mass is 629 g/mol. The second-order valence-electron chi connectivity index (χ2n) is 9.96. The van der Waals surface area contributed by atoms with Crippen molar-refractivity contribution in [3.8, 4) is 0 Å². The minimum atomic E-state index is -1.53. The summed E-state index contributed by atoms with van der Waals surface area (Å²) in [6.45, 7) is 12.5. The first-order valence-corrected chi connectivity index (χ1v) is 21.5. The van der Waals surface area contributed by atoms with E-state index in [1.807, 2.05) is 0 Å². The van der Waals surface area contributed by atoms with Crippen molar-refractivity contribution in [1.82, 2.24) is 0 Å². The Kier molecular flexibility index (Phi) is 11.8. The van der Waals surface area contributed by atoms with Crippen molar-refractivity contribution in [2.24, 2.45) is 0 Å². The molecule has 1 atom stereocenters. The molecular weight excluding hydrogens is 599 g/mol. The Balaban J connectivity index is 0.000000710. The van der Waals surface area contributed by atoms with E-state index in [0.717, 1.165) is 5.76 Å². The van der Waals surface area contributed by atoms with E-state index in [9.17, 15) is 0 Å². The van der Waals surface area contributed by atoms with Crippen LogP contribution in [0.3, 0.4) is 0 Å². The third-order valence-electron chi connectivity index (χ3n) is 5.78. The summed E-state index contributed by atoms with van der Waals surface area (Å²) in [4.78, 5) is 0. The molecular formula is C29H33Cl2O2Si2Zr-. The molecule has 0 amide bonds. The molecule has 0 saturated carbocycles. The van der Waals surface area contributed by atoms with Crippen LogP contribution in [-0.2, 0) is 32.5 Å². The van der Waals surface area contributed by atoms with E-state index in [2.05, 4.69) is 112 Å². The van der Waals surface area contributed by atoms with Crippen LogP contribution in [0.25, 0.3) is 27.6 Å². The topological polar surface area (TPSA) is 18.5 Å². The summed E-state index contributed by atoms with van der Waals surface area (Å²) in [7, 11) is -1.53. The summed E-state index contributed by atoms with van der Waals surface area (Å²) in [6, 6.07) is 26.3. The zero-order valence-corrected chi connectivity index (χ0v) is 27.5. The van der Waals surface area contributed by atoms with Gasteiger partial charge in [0.15, 0.2) is 8.32 Å². The van der Waals surface area contributed by atoms with Gasteiger partial charge in [-0.3, -0.25) is 0 Å². The molecule has 0 heterocycles. The zero-order valence-electron chi connectivity index (χ0n) is 21.6. The number of hydrogen-bond donors (Lipinski definition) is 0. The fourth-order valence-corrected chi connectivity index (χ4v) is 5.20.